The SMILES string of the molecule is C/C=C\c1ccccc1CN=C=O. The van der Waals surface area contributed by atoms with Gasteiger partial charge in [0.2, 0.25) is 6.08 Å². The molecule has 0 spiro atoms. The molecule has 1 rings (SSSR count). The lowest BCUT2D eigenvalue weighted by Gasteiger charge is -2.00. The lowest BCUT2D eigenvalue weighted by Crippen LogP contribution is -1.85. The smallest absolute Gasteiger partial charge is 0.211 e. The Bertz CT molecular complexity index is 349. The van der Waals surface area contributed by atoms with Crippen LogP contribution in [0, 0.1) is 0 Å². The van der Waals surface area contributed by atoms with E-state index in [1.807, 2.05) is 43.3 Å². The van der Waals surface area contributed by atoms with E-state index in [9.17, 15) is 4.79 Å². The van der Waals surface area contributed by atoms with Crippen LogP contribution < -0.4 is 0 Å². The summed E-state index contributed by atoms with van der Waals surface area (Å²) in [5.74, 6) is 0. The molecule has 0 radical (unpaired) electrons. The summed E-state index contributed by atoms with van der Waals surface area (Å²) in [6.45, 7) is 2.36. The predicted molar refractivity (Wildman–Crippen MR) is 53.0 cm³/mol. The maximum atomic E-state index is 9.94. The van der Waals surface area contributed by atoms with Crippen molar-refractivity contribution in [2.45, 2.75) is 13.5 Å². The fourth-order valence-electron chi connectivity index (χ4n) is 1.14. The number of isocyanates is 1. The van der Waals surface area contributed by atoms with Crippen LogP contribution in [-0.2, 0) is 11.3 Å². The minimum Gasteiger partial charge on any atom is -0.211 e. The molecule has 0 aliphatic carbocycles. The van der Waals surface area contributed by atoms with Crippen LogP contribution in [-0.4, -0.2) is 6.08 Å². The maximum Gasteiger partial charge on any atom is 0.235 e. The zero-order chi connectivity index (χ0) is 9.52. The van der Waals surface area contributed by atoms with E-state index in [1.54, 1.807) is 0 Å². The summed E-state index contributed by atoms with van der Waals surface area (Å²) in [4.78, 5) is 13.5. The molecule has 0 unspecified atom stereocenters. The van der Waals surface area contributed by atoms with Crippen LogP contribution in [0.2, 0.25) is 0 Å². The number of hydrogen-bond donors (Lipinski definition) is 0. The maximum absolute atomic E-state index is 9.94. The van der Waals surface area contributed by atoms with E-state index in [-0.39, 0.29) is 0 Å². The molecule has 0 bridgehead atoms. The van der Waals surface area contributed by atoms with Gasteiger partial charge in [-0.3, -0.25) is 0 Å². The van der Waals surface area contributed by atoms with Crippen LogP contribution in [0.5, 0.6) is 0 Å². The second-order valence-corrected chi connectivity index (χ2v) is 2.61. The topological polar surface area (TPSA) is 29.4 Å². The van der Waals surface area contributed by atoms with Crippen molar-refractivity contribution in [1.29, 1.82) is 0 Å². The lowest BCUT2D eigenvalue weighted by atomic mass is 10.1. The minimum absolute atomic E-state index is 0.407. The van der Waals surface area contributed by atoms with E-state index in [2.05, 4.69) is 4.99 Å². The molecule has 1 aromatic carbocycles. The highest BCUT2D eigenvalue weighted by Gasteiger charge is 1.95. The summed E-state index contributed by atoms with van der Waals surface area (Å²) in [6.07, 6.45) is 5.49. The zero-order valence-electron chi connectivity index (χ0n) is 7.53. The van der Waals surface area contributed by atoms with E-state index in [0.717, 1.165) is 11.1 Å². The Kier molecular flexibility index (Phi) is 3.68. The van der Waals surface area contributed by atoms with Crippen LogP contribution in [0.15, 0.2) is 35.3 Å². The number of carbonyl (C=O) groups excluding carboxylic acids is 1. The van der Waals surface area contributed by atoms with Crippen LogP contribution in [0.1, 0.15) is 18.1 Å². The summed E-state index contributed by atoms with van der Waals surface area (Å²) in [5, 5.41) is 0. The van der Waals surface area contributed by atoms with Crippen molar-refractivity contribution in [3.63, 3.8) is 0 Å². The van der Waals surface area contributed by atoms with Crippen LogP contribution >= 0.6 is 0 Å². The Hall–Kier alpha value is -1.66. The van der Waals surface area contributed by atoms with Crippen molar-refractivity contribution in [3.05, 3.63) is 41.5 Å². The second-order valence-electron chi connectivity index (χ2n) is 2.61. The molecular weight excluding hydrogens is 162 g/mol. The molecule has 0 aromatic heterocycles. The van der Waals surface area contributed by atoms with Gasteiger partial charge in [0.25, 0.3) is 0 Å². The van der Waals surface area contributed by atoms with Gasteiger partial charge in [-0.15, -0.1) is 0 Å². The summed E-state index contributed by atoms with van der Waals surface area (Å²) < 4.78 is 0. The van der Waals surface area contributed by atoms with E-state index in [4.69, 9.17) is 0 Å². The fraction of sp³-hybridized carbons (Fsp3) is 0.182. The Morgan fingerprint density at radius 3 is 2.92 bits per heavy atom. The first-order chi connectivity index (χ1) is 6.38. The number of nitrogens with zero attached hydrogens (tertiary/aromatic N) is 1. The molecule has 1 aromatic rings. The molecule has 2 heteroatoms. The van der Waals surface area contributed by atoms with E-state index < -0.39 is 0 Å². The first-order valence-electron chi connectivity index (χ1n) is 4.12. The Morgan fingerprint density at radius 1 is 1.46 bits per heavy atom. The zero-order valence-corrected chi connectivity index (χ0v) is 7.53. The number of benzene rings is 1. The van der Waals surface area contributed by atoms with Gasteiger partial charge in [-0.25, -0.2) is 9.79 Å². The molecule has 0 atom stereocenters. The van der Waals surface area contributed by atoms with Gasteiger partial charge in [-0.05, 0) is 18.1 Å². The molecule has 0 amide bonds. The molecule has 0 saturated carbocycles. The second kappa shape index (κ2) is 5.07. The van der Waals surface area contributed by atoms with Crippen molar-refractivity contribution >= 4 is 12.2 Å². The number of rotatable bonds is 3. The molecule has 13 heavy (non-hydrogen) atoms. The quantitative estimate of drug-likeness (QED) is 0.510. The van der Waals surface area contributed by atoms with Crippen molar-refractivity contribution in [3.8, 4) is 0 Å². The lowest BCUT2D eigenvalue weighted by molar-refractivity contribution is 0.563. The average molecular weight is 173 g/mol. The van der Waals surface area contributed by atoms with Crippen molar-refractivity contribution in [1.82, 2.24) is 0 Å². The van der Waals surface area contributed by atoms with Crippen LogP contribution in [0.4, 0.5) is 0 Å². The van der Waals surface area contributed by atoms with Gasteiger partial charge >= 0.3 is 0 Å². The van der Waals surface area contributed by atoms with Gasteiger partial charge in [0.15, 0.2) is 0 Å². The van der Waals surface area contributed by atoms with Gasteiger partial charge in [-0.2, -0.15) is 0 Å². The van der Waals surface area contributed by atoms with Crippen molar-refractivity contribution < 1.29 is 4.79 Å². The molecule has 2 nitrogen and oxygen atoms in total. The highest BCUT2D eigenvalue weighted by atomic mass is 16.1. The average Bonchev–Trinajstić information content (AvgIpc) is 2.17. The minimum atomic E-state index is 0.407. The van der Waals surface area contributed by atoms with Gasteiger partial charge < -0.3 is 0 Å². The van der Waals surface area contributed by atoms with Gasteiger partial charge in [-0.1, -0.05) is 36.4 Å². The van der Waals surface area contributed by atoms with Gasteiger partial charge in [0.1, 0.15) is 0 Å². The highest BCUT2D eigenvalue weighted by molar-refractivity contribution is 5.53. The van der Waals surface area contributed by atoms with E-state index >= 15 is 0 Å². The Morgan fingerprint density at radius 2 is 2.23 bits per heavy atom. The number of hydrogen-bond acceptors (Lipinski definition) is 2. The standard InChI is InChI=1S/C11H11NO/c1-2-5-10-6-3-4-7-11(10)8-12-9-13/h2-7H,8H2,1H3/b5-2-. The van der Waals surface area contributed by atoms with Crippen molar-refractivity contribution in [2.75, 3.05) is 0 Å². The third-order valence-corrected chi connectivity index (χ3v) is 1.72. The third-order valence-electron chi connectivity index (χ3n) is 1.72. The Balaban J connectivity index is 2.96. The molecule has 0 aliphatic rings. The van der Waals surface area contributed by atoms with Gasteiger partial charge in [0.05, 0.1) is 6.54 Å². The molecule has 0 saturated heterocycles. The summed E-state index contributed by atoms with van der Waals surface area (Å²) in [5.41, 5.74) is 2.15. The number of aliphatic imine (C=N–C) groups is 1. The molecular formula is C11H11NO. The molecule has 0 aliphatic heterocycles. The van der Waals surface area contributed by atoms with Crippen molar-refractivity contribution in [2.24, 2.45) is 4.99 Å². The molecule has 0 fully saturated rings. The monoisotopic (exact) mass is 173 g/mol. The molecule has 66 valence electrons. The molecule has 0 heterocycles. The molecule has 0 N–H and O–H groups in total. The summed E-state index contributed by atoms with van der Waals surface area (Å²) in [6, 6.07) is 7.85. The first kappa shape index (κ1) is 9.43. The van der Waals surface area contributed by atoms with Crippen LogP contribution in [0.3, 0.4) is 0 Å². The summed E-state index contributed by atoms with van der Waals surface area (Å²) in [7, 11) is 0. The van der Waals surface area contributed by atoms with Gasteiger partial charge in [0, 0.05) is 0 Å². The van der Waals surface area contributed by atoms with Crippen LogP contribution in [0.25, 0.3) is 6.08 Å². The highest BCUT2D eigenvalue weighted by Crippen LogP contribution is 2.11. The van der Waals surface area contributed by atoms with E-state index in [1.165, 1.54) is 6.08 Å². The first-order valence-corrected chi connectivity index (χ1v) is 4.12. The largest absolute Gasteiger partial charge is 0.235 e. The summed E-state index contributed by atoms with van der Waals surface area (Å²) >= 11 is 0. The van der Waals surface area contributed by atoms with E-state index in [0.29, 0.717) is 6.54 Å². The third kappa shape index (κ3) is 2.69. The normalized spacial score (nSPS) is 9.92. The number of allylic oxidation sites excluding steroid dienone is 1. The fourth-order valence-corrected chi connectivity index (χ4v) is 1.14. The Labute approximate surface area is 77.6 Å². The predicted octanol–water partition coefficient (Wildman–Crippen LogP) is 2.56.